The summed E-state index contributed by atoms with van der Waals surface area (Å²) in [5.74, 6) is 0.123. The Bertz CT molecular complexity index is 1170. The molecule has 3 rings (SSSR count). The number of nitrogens with zero attached hydrogens (tertiary/aromatic N) is 3. The number of aromatic nitrogens is 2. The van der Waals surface area contributed by atoms with Crippen LogP contribution >= 0.6 is 34.5 Å². The van der Waals surface area contributed by atoms with Crippen molar-refractivity contribution in [2.75, 3.05) is 19.5 Å². The molecule has 158 valence electrons. The monoisotopic (exact) mass is 486 g/mol. The molecule has 0 aliphatic heterocycles. The Balaban J connectivity index is 1.72. The number of amides is 1. The SMILES string of the molecule is COc1ccc(CN(C)S(=O)(=O)c2nnc(NC(=O)c3ccc(Cl)cc3Cl)s2)cc1. The Morgan fingerprint density at radius 1 is 1.17 bits per heavy atom. The molecule has 0 spiro atoms. The highest BCUT2D eigenvalue weighted by molar-refractivity contribution is 7.91. The Morgan fingerprint density at radius 3 is 2.50 bits per heavy atom. The molecule has 0 radical (unpaired) electrons. The molecule has 2 aromatic carbocycles. The molecular formula is C18H16Cl2N4O4S2. The van der Waals surface area contributed by atoms with Crippen LogP contribution in [-0.4, -0.2) is 43.0 Å². The van der Waals surface area contributed by atoms with Gasteiger partial charge >= 0.3 is 0 Å². The van der Waals surface area contributed by atoms with Gasteiger partial charge < -0.3 is 4.74 Å². The molecule has 0 saturated carbocycles. The van der Waals surface area contributed by atoms with E-state index >= 15 is 0 Å². The minimum Gasteiger partial charge on any atom is -0.497 e. The van der Waals surface area contributed by atoms with Gasteiger partial charge in [-0.1, -0.05) is 46.7 Å². The van der Waals surface area contributed by atoms with Gasteiger partial charge in [-0.3, -0.25) is 10.1 Å². The fourth-order valence-electron chi connectivity index (χ4n) is 2.41. The molecule has 1 aromatic heterocycles. The van der Waals surface area contributed by atoms with Crippen LogP contribution in [0.15, 0.2) is 46.8 Å². The van der Waals surface area contributed by atoms with Gasteiger partial charge in [-0.2, -0.15) is 4.31 Å². The van der Waals surface area contributed by atoms with Crippen molar-refractivity contribution < 1.29 is 17.9 Å². The number of ether oxygens (including phenoxy) is 1. The van der Waals surface area contributed by atoms with E-state index in [2.05, 4.69) is 15.5 Å². The summed E-state index contributed by atoms with van der Waals surface area (Å²) in [6, 6.07) is 11.4. The van der Waals surface area contributed by atoms with E-state index in [4.69, 9.17) is 27.9 Å². The van der Waals surface area contributed by atoms with E-state index in [9.17, 15) is 13.2 Å². The van der Waals surface area contributed by atoms with E-state index in [-0.39, 0.29) is 26.6 Å². The number of hydrogen-bond donors (Lipinski definition) is 1. The topological polar surface area (TPSA) is 101 Å². The van der Waals surface area contributed by atoms with Crippen molar-refractivity contribution in [3.8, 4) is 5.75 Å². The highest BCUT2D eigenvalue weighted by atomic mass is 35.5. The highest BCUT2D eigenvalue weighted by Crippen LogP contribution is 2.26. The van der Waals surface area contributed by atoms with Gasteiger partial charge in [0.25, 0.3) is 15.9 Å². The van der Waals surface area contributed by atoms with Crippen molar-refractivity contribution in [3.63, 3.8) is 0 Å². The Labute approximate surface area is 187 Å². The summed E-state index contributed by atoms with van der Waals surface area (Å²) in [5, 5.41) is 10.5. The van der Waals surface area contributed by atoms with E-state index in [0.717, 1.165) is 21.2 Å². The second-order valence-corrected chi connectivity index (χ2v) is 10.1. The van der Waals surface area contributed by atoms with Crippen LogP contribution < -0.4 is 10.1 Å². The summed E-state index contributed by atoms with van der Waals surface area (Å²) in [4.78, 5) is 12.4. The molecule has 0 aliphatic carbocycles. The number of nitrogens with one attached hydrogen (secondary N) is 1. The summed E-state index contributed by atoms with van der Waals surface area (Å²) in [6.07, 6.45) is 0. The molecule has 0 unspecified atom stereocenters. The maximum atomic E-state index is 12.8. The molecule has 1 N–H and O–H groups in total. The fraction of sp³-hybridized carbons (Fsp3) is 0.167. The zero-order valence-corrected chi connectivity index (χ0v) is 18.9. The summed E-state index contributed by atoms with van der Waals surface area (Å²) in [6.45, 7) is 0.133. The second-order valence-electron chi connectivity index (χ2n) is 6.06. The van der Waals surface area contributed by atoms with Crippen molar-refractivity contribution in [3.05, 3.63) is 63.6 Å². The van der Waals surface area contributed by atoms with Gasteiger partial charge in [-0.15, -0.1) is 10.2 Å². The first kappa shape index (κ1) is 22.4. The molecule has 8 nitrogen and oxygen atoms in total. The minimum absolute atomic E-state index is 0.0300. The third-order valence-electron chi connectivity index (χ3n) is 4.00. The molecule has 0 bridgehead atoms. The third kappa shape index (κ3) is 5.08. The number of rotatable bonds is 7. The molecule has 0 saturated heterocycles. The summed E-state index contributed by atoms with van der Waals surface area (Å²) < 4.78 is 31.6. The predicted molar refractivity (Wildman–Crippen MR) is 116 cm³/mol. The van der Waals surface area contributed by atoms with Crippen LogP contribution in [0.2, 0.25) is 10.0 Å². The first-order valence-corrected chi connectivity index (χ1v) is 11.4. The van der Waals surface area contributed by atoms with Crippen LogP contribution in [-0.2, 0) is 16.6 Å². The number of benzene rings is 2. The average Bonchev–Trinajstić information content (AvgIpc) is 3.17. The van der Waals surface area contributed by atoms with E-state index in [0.29, 0.717) is 10.8 Å². The highest BCUT2D eigenvalue weighted by Gasteiger charge is 2.26. The smallest absolute Gasteiger partial charge is 0.272 e. The lowest BCUT2D eigenvalue weighted by Crippen LogP contribution is -2.26. The first-order valence-electron chi connectivity index (χ1n) is 8.40. The molecular weight excluding hydrogens is 471 g/mol. The van der Waals surface area contributed by atoms with Gasteiger partial charge in [-0.05, 0) is 35.9 Å². The number of sulfonamides is 1. The van der Waals surface area contributed by atoms with Crippen molar-refractivity contribution in [1.82, 2.24) is 14.5 Å². The van der Waals surface area contributed by atoms with E-state index in [1.165, 1.54) is 25.2 Å². The Morgan fingerprint density at radius 2 is 1.87 bits per heavy atom. The molecule has 3 aromatic rings. The molecule has 12 heteroatoms. The maximum absolute atomic E-state index is 12.8. The fourth-order valence-corrected chi connectivity index (χ4v) is 5.15. The number of carbonyl (C=O) groups excluding carboxylic acids is 1. The number of hydrogen-bond acceptors (Lipinski definition) is 7. The molecule has 30 heavy (non-hydrogen) atoms. The van der Waals surface area contributed by atoms with Crippen LogP contribution in [0.4, 0.5) is 5.13 Å². The zero-order valence-electron chi connectivity index (χ0n) is 15.8. The second kappa shape index (κ2) is 9.27. The predicted octanol–water partition coefficient (Wildman–Crippen LogP) is 3.93. The molecule has 1 amide bonds. The van der Waals surface area contributed by atoms with Gasteiger partial charge in [0, 0.05) is 18.6 Å². The summed E-state index contributed by atoms with van der Waals surface area (Å²) >= 11 is 12.6. The largest absolute Gasteiger partial charge is 0.497 e. The van der Waals surface area contributed by atoms with Crippen LogP contribution in [0.25, 0.3) is 0 Å². The molecule has 0 aliphatic rings. The van der Waals surface area contributed by atoms with Crippen molar-refractivity contribution in [2.24, 2.45) is 0 Å². The first-order chi connectivity index (χ1) is 14.2. The number of methoxy groups -OCH3 is 1. The van der Waals surface area contributed by atoms with E-state index in [1.54, 1.807) is 31.4 Å². The summed E-state index contributed by atoms with van der Waals surface area (Å²) in [5.41, 5.74) is 0.953. The molecule has 0 fully saturated rings. The van der Waals surface area contributed by atoms with Crippen LogP contribution in [0, 0.1) is 0 Å². The third-order valence-corrected chi connectivity index (χ3v) is 7.53. The van der Waals surface area contributed by atoms with E-state index in [1.807, 2.05) is 0 Å². The lowest BCUT2D eigenvalue weighted by molar-refractivity contribution is 0.102. The lowest BCUT2D eigenvalue weighted by atomic mass is 10.2. The average molecular weight is 487 g/mol. The van der Waals surface area contributed by atoms with Gasteiger partial charge in [0.1, 0.15) is 5.75 Å². The summed E-state index contributed by atoms with van der Waals surface area (Å²) in [7, 11) is -0.903. The lowest BCUT2D eigenvalue weighted by Gasteiger charge is -2.15. The maximum Gasteiger partial charge on any atom is 0.272 e. The molecule has 0 atom stereocenters. The normalized spacial score (nSPS) is 11.5. The van der Waals surface area contributed by atoms with Crippen LogP contribution in [0.1, 0.15) is 15.9 Å². The van der Waals surface area contributed by atoms with Gasteiger partial charge in [0.15, 0.2) is 0 Å². The quantitative estimate of drug-likeness (QED) is 0.507. The van der Waals surface area contributed by atoms with Crippen molar-refractivity contribution in [1.29, 1.82) is 0 Å². The Hall–Kier alpha value is -2.24. The van der Waals surface area contributed by atoms with Crippen molar-refractivity contribution >= 4 is 55.6 Å². The van der Waals surface area contributed by atoms with Crippen molar-refractivity contribution in [2.45, 2.75) is 10.9 Å². The number of anilines is 1. The minimum atomic E-state index is -3.89. The van der Waals surface area contributed by atoms with Crippen LogP contribution in [0.5, 0.6) is 5.75 Å². The number of carbonyl (C=O) groups is 1. The zero-order chi connectivity index (χ0) is 21.9. The van der Waals surface area contributed by atoms with Crippen LogP contribution in [0.3, 0.4) is 0 Å². The van der Waals surface area contributed by atoms with Gasteiger partial charge in [0.05, 0.1) is 17.7 Å². The molecule has 1 heterocycles. The van der Waals surface area contributed by atoms with Gasteiger partial charge in [0.2, 0.25) is 9.47 Å². The van der Waals surface area contributed by atoms with E-state index < -0.39 is 15.9 Å². The van der Waals surface area contributed by atoms with Gasteiger partial charge in [-0.25, -0.2) is 8.42 Å². The Kier molecular flexibility index (Phi) is 6.94. The standard InChI is InChI=1S/C18H16Cl2N4O4S2/c1-24(10-11-3-6-13(28-2)7-4-11)30(26,27)18-23-22-17(29-18)21-16(25)14-8-5-12(19)9-15(14)20/h3-9H,10H2,1-2H3,(H,21,22,25). The number of halogens is 2.